The number of Topliss-reactive ketones (excluding diaryl/α,β-unsaturated/α-hetero) is 1. The van der Waals surface area contributed by atoms with Gasteiger partial charge in [-0.25, -0.2) is 0 Å². The van der Waals surface area contributed by atoms with Crippen LogP contribution in [0.1, 0.15) is 59.8 Å². The molecule has 0 unspecified atom stereocenters. The Balaban J connectivity index is 2.11. The summed E-state index contributed by atoms with van der Waals surface area (Å²) in [5, 5.41) is 20.7. The Kier molecular flexibility index (Phi) is 3.89. The summed E-state index contributed by atoms with van der Waals surface area (Å²) in [7, 11) is 0. The van der Waals surface area contributed by atoms with Crippen LogP contribution in [0, 0.1) is 22.7 Å². The van der Waals surface area contributed by atoms with Crippen LogP contribution in [0.3, 0.4) is 0 Å². The van der Waals surface area contributed by atoms with Crippen molar-refractivity contribution in [1.82, 2.24) is 0 Å². The Morgan fingerprint density at radius 1 is 1.13 bits per heavy atom. The van der Waals surface area contributed by atoms with E-state index in [0.29, 0.717) is 19.3 Å². The molecule has 3 aliphatic carbocycles. The fraction of sp³-hybridized carbons (Fsp3) is 0.750. The predicted molar refractivity (Wildman–Crippen MR) is 90.8 cm³/mol. The lowest BCUT2D eigenvalue weighted by Gasteiger charge is -2.53. The van der Waals surface area contributed by atoms with Gasteiger partial charge >= 0.3 is 0 Å². The lowest BCUT2D eigenvalue weighted by Crippen LogP contribution is -2.48. The van der Waals surface area contributed by atoms with Gasteiger partial charge in [0.15, 0.2) is 5.78 Å². The number of aliphatic hydroxyl groups is 2. The largest absolute Gasteiger partial charge is 0.389 e. The molecule has 128 valence electrons. The molecular formula is C20H30O3. The number of hydrogen-bond donors (Lipinski definition) is 2. The predicted octanol–water partition coefficient (Wildman–Crippen LogP) is 3.41. The maximum Gasteiger partial charge on any atom is 0.160 e. The maximum absolute atomic E-state index is 13.1. The van der Waals surface area contributed by atoms with Crippen LogP contribution < -0.4 is 0 Å². The van der Waals surface area contributed by atoms with E-state index in [1.165, 1.54) is 0 Å². The first-order chi connectivity index (χ1) is 10.6. The fourth-order valence-electron chi connectivity index (χ4n) is 5.48. The van der Waals surface area contributed by atoms with E-state index in [1.807, 2.05) is 6.92 Å². The number of ketones is 1. The highest BCUT2D eigenvalue weighted by Crippen LogP contribution is 2.57. The molecule has 3 heteroatoms. The van der Waals surface area contributed by atoms with Gasteiger partial charge in [0.05, 0.1) is 12.2 Å². The van der Waals surface area contributed by atoms with Crippen LogP contribution in [0.15, 0.2) is 23.3 Å². The molecule has 2 N–H and O–H groups in total. The van der Waals surface area contributed by atoms with E-state index in [2.05, 4.69) is 27.4 Å². The first-order valence-electron chi connectivity index (χ1n) is 8.87. The third-order valence-electron chi connectivity index (χ3n) is 7.14. The molecule has 0 radical (unpaired) electrons. The number of hydrogen-bond acceptors (Lipinski definition) is 3. The highest BCUT2D eigenvalue weighted by Gasteiger charge is 2.52. The zero-order chi connectivity index (χ0) is 17.2. The average Bonchev–Trinajstić information content (AvgIpc) is 2.44. The van der Waals surface area contributed by atoms with Gasteiger partial charge < -0.3 is 10.2 Å². The monoisotopic (exact) mass is 318 g/mol. The summed E-state index contributed by atoms with van der Waals surface area (Å²) in [6.45, 7) is 12.6. The van der Waals surface area contributed by atoms with E-state index in [9.17, 15) is 15.0 Å². The van der Waals surface area contributed by atoms with Crippen molar-refractivity contribution in [1.29, 1.82) is 0 Å². The molecule has 0 spiro atoms. The molecule has 5 atom stereocenters. The van der Waals surface area contributed by atoms with Crippen molar-refractivity contribution in [3.63, 3.8) is 0 Å². The lowest BCUT2D eigenvalue weighted by molar-refractivity contribution is -0.123. The van der Waals surface area contributed by atoms with Crippen LogP contribution in [0.25, 0.3) is 0 Å². The third kappa shape index (κ3) is 2.44. The van der Waals surface area contributed by atoms with E-state index in [1.54, 1.807) is 0 Å². The van der Waals surface area contributed by atoms with Crippen molar-refractivity contribution in [2.24, 2.45) is 22.7 Å². The molecular weight excluding hydrogens is 288 g/mol. The standard InChI is InChI=1S/C20H30O3/c1-11-14-8-13-9-16(22)12(2)18(19(13,3)4)17(23)10-20(14,5)7-6-15(11)21/h13-16,21-22H,1,6-10H2,2-5H3/t13-,14-,15+,16+,20+/m1/s1. The maximum atomic E-state index is 13.1. The number of carbonyl (C=O) groups is 1. The summed E-state index contributed by atoms with van der Waals surface area (Å²) >= 11 is 0. The summed E-state index contributed by atoms with van der Waals surface area (Å²) in [5.41, 5.74) is 2.29. The number of rotatable bonds is 0. The highest BCUT2D eigenvalue weighted by molar-refractivity contribution is 5.98. The van der Waals surface area contributed by atoms with Crippen molar-refractivity contribution in [3.8, 4) is 0 Å². The molecule has 0 aliphatic heterocycles. The number of allylic oxidation sites excluding steroid dienone is 1. The summed E-state index contributed by atoms with van der Waals surface area (Å²) in [6, 6.07) is 0. The Bertz CT molecular complexity index is 586. The smallest absolute Gasteiger partial charge is 0.160 e. The van der Waals surface area contributed by atoms with E-state index in [4.69, 9.17) is 0 Å². The van der Waals surface area contributed by atoms with Crippen LogP contribution in [0.4, 0.5) is 0 Å². The second-order valence-electron chi connectivity index (χ2n) is 8.90. The number of carbonyl (C=O) groups excluding carboxylic acids is 1. The van der Waals surface area contributed by atoms with E-state index in [0.717, 1.165) is 29.6 Å². The number of aliphatic hydroxyl groups excluding tert-OH is 2. The SMILES string of the molecule is C=C1[C@H]2C[C@@H]3C[C@H](O)C(C)=C(C(=O)C[C@]2(C)CC[C@@H]1O)C3(C)C. The summed E-state index contributed by atoms with van der Waals surface area (Å²) in [6.07, 6.45) is 2.71. The van der Waals surface area contributed by atoms with E-state index < -0.39 is 12.2 Å². The molecule has 0 heterocycles. The van der Waals surface area contributed by atoms with Gasteiger partial charge in [0.25, 0.3) is 0 Å². The van der Waals surface area contributed by atoms with Gasteiger partial charge in [0, 0.05) is 12.0 Å². The second-order valence-corrected chi connectivity index (χ2v) is 8.90. The first kappa shape index (κ1) is 16.9. The van der Waals surface area contributed by atoms with Crippen LogP contribution >= 0.6 is 0 Å². The fourth-order valence-corrected chi connectivity index (χ4v) is 5.48. The van der Waals surface area contributed by atoms with Gasteiger partial charge in [-0.2, -0.15) is 0 Å². The van der Waals surface area contributed by atoms with Crippen LogP contribution in [-0.2, 0) is 4.79 Å². The van der Waals surface area contributed by atoms with Gasteiger partial charge in [-0.3, -0.25) is 4.79 Å². The van der Waals surface area contributed by atoms with E-state index >= 15 is 0 Å². The molecule has 2 bridgehead atoms. The van der Waals surface area contributed by atoms with E-state index in [-0.39, 0.29) is 28.4 Å². The Morgan fingerprint density at radius 2 is 1.78 bits per heavy atom. The van der Waals surface area contributed by atoms with Gasteiger partial charge in [-0.05, 0) is 66.4 Å². The minimum absolute atomic E-state index is 0.115. The molecule has 3 rings (SSSR count). The van der Waals surface area contributed by atoms with Gasteiger partial charge in [-0.15, -0.1) is 0 Å². The second kappa shape index (κ2) is 5.29. The first-order valence-corrected chi connectivity index (χ1v) is 8.87. The molecule has 2 saturated carbocycles. The molecule has 0 amide bonds. The third-order valence-corrected chi connectivity index (χ3v) is 7.14. The molecule has 0 saturated heterocycles. The molecule has 0 aromatic carbocycles. The average molecular weight is 318 g/mol. The lowest BCUT2D eigenvalue weighted by atomic mass is 9.52. The molecule has 0 aromatic rings. The zero-order valence-corrected chi connectivity index (χ0v) is 14.9. The minimum Gasteiger partial charge on any atom is -0.389 e. The summed E-state index contributed by atoms with van der Waals surface area (Å²) in [5.74, 6) is 0.589. The molecule has 23 heavy (non-hydrogen) atoms. The topological polar surface area (TPSA) is 57.5 Å². The van der Waals surface area contributed by atoms with Crippen molar-refractivity contribution >= 4 is 5.78 Å². The zero-order valence-electron chi connectivity index (χ0n) is 14.9. The molecule has 2 fully saturated rings. The Hall–Kier alpha value is -0.930. The number of fused-ring (bicyclic) bond motifs is 3. The molecule has 3 aliphatic rings. The normalized spacial score (nSPS) is 43.7. The van der Waals surface area contributed by atoms with Crippen molar-refractivity contribution in [2.75, 3.05) is 0 Å². The molecule has 3 nitrogen and oxygen atoms in total. The quantitative estimate of drug-likeness (QED) is 0.673. The van der Waals surface area contributed by atoms with Gasteiger partial charge in [-0.1, -0.05) is 27.4 Å². The van der Waals surface area contributed by atoms with Crippen LogP contribution in [-0.4, -0.2) is 28.2 Å². The van der Waals surface area contributed by atoms with Crippen molar-refractivity contribution in [3.05, 3.63) is 23.3 Å². The van der Waals surface area contributed by atoms with Crippen LogP contribution in [0.2, 0.25) is 0 Å². The summed E-state index contributed by atoms with van der Waals surface area (Å²) in [4.78, 5) is 13.1. The Morgan fingerprint density at radius 3 is 2.43 bits per heavy atom. The summed E-state index contributed by atoms with van der Waals surface area (Å²) < 4.78 is 0. The Labute approximate surface area is 139 Å². The minimum atomic E-state index is -0.516. The van der Waals surface area contributed by atoms with Crippen molar-refractivity contribution in [2.45, 2.75) is 72.0 Å². The molecule has 0 aromatic heterocycles. The van der Waals surface area contributed by atoms with Gasteiger partial charge in [0.2, 0.25) is 0 Å². The highest BCUT2D eigenvalue weighted by atomic mass is 16.3. The van der Waals surface area contributed by atoms with Gasteiger partial charge in [0.1, 0.15) is 0 Å². The van der Waals surface area contributed by atoms with Crippen LogP contribution in [0.5, 0.6) is 0 Å². The van der Waals surface area contributed by atoms with Crippen molar-refractivity contribution < 1.29 is 15.0 Å².